The molecule has 0 fully saturated rings. The average molecular weight is 478 g/mol. The number of hydrogen-bond acceptors (Lipinski definition) is 4. The van der Waals surface area contributed by atoms with Gasteiger partial charge in [-0.2, -0.15) is 0 Å². The molecule has 4 aromatic heterocycles. The Bertz CT molecular complexity index is 801. The fraction of sp³-hybridized carbons (Fsp3) is 0. The van der Waals surface area contributed by atoms with E-state index in [2.05, 4.69) is 45.8 Å². The first kappa shape index (κ1) is 14.2. The Morgan fingerprint density at radius 2 is 0.727 bits per heavy atom. The van der Waals surface area contributed by atoms with Gasteiger partial charge in [-0.15, -0.1) is 0 Å². The topological polar surface area (TPSA) is 0 Å². The fourth-order valence-electron chi connectivity index (χ4n) is 3.11. The third-order valence-electron chi connectivity index (χ3n) is 4.16. The van der Waals surface area contributed by atoms with Crippen molar-refractivity contribution in [1.82, 2.24) is 0 Å². The Labute approximate surface area is 157 Å². The fourth-order valence-corrected chi connectivity index (χ4v) is 19.6. The molecule has 0 amide bonds. The van der Waals surface area contributed by atoms with E-state index in [4.69, 9.17) is 0 Å². The van der Waals surface area contributed by atoms with Crippen molar-refractivity contribution in [3.8, 4) is 19.5 Å². The van der Waals surface area contributed by atoms with Crippen LogP contribution in [0.5, 0.6) is 0 Å². The van der Waals surface area contributed by atoms with Gasteiger partial charge in [0.25, 0.3) is 0 Å². The molecule has 0 atom stereocenters. The summed E-state index contributed by atoms with van der Waals surface area (Å²) in [6.07, 6.45) is 0. The summed E-state index contributed by atoms with van der Waals surface area (Å²) in [5, 5.41) is 9.25. The molecule has 108 valence electrons. The van der Waals surface area contributed by atoms with Crippen molar-refractivity contribution in [3.63, 3.8) is 0 Å². The monoisotopic (exact) mass is 480 g/mol. The third kappa shape index (κ3) is 2.27. The number of hydrogen-bond donors (Lipinski definition) is 0. The molecule has 0 bridgehead atoms. The van der Waals surface area contributed by atoms with E-state index < -0.39 is 30.9 Å². The van der Waals surface area contributed by atoms with Crippen LogP contribution in [0.2, 0.25) is 0 Å². The van der Waals surface area contributed by atoms with Gasteiger partial charge in [-0.3, -0.25) is 0 Å². The van der Waals surface area contributed by atoms with Crippen LogP contribution in [0.25, 0.3) is 19.5 Å². The predicted molar refractivity (Wildman–Crippen MR) is 111 cm³/mol. The van der Waals surface area contributed by atoms with Crippen LogP contribution in [0.1, 0.15) is 0 Å². The Morgan fingerprint density at radius 3 is 1.00 bits per heavy atom. The molecule has 6 heteroatoms. The van der Waals surface area contributed by atoms with Gasteiger partial charge in [0.15, 0.2) is 0 Å². The van der Waals surface area contributed by atoms with E-state index in [-0.39, 0.29) is 0 Å². The first-order valence-electron chi connectivity index (χ1n) is 7.16. The van der Waals surface area contributed by atoms with Gasteiger partial charge in [0.05, 0.1) is 0 Å². The van der Waals surface area contributed by atoms with Crippen molar-refractivity contribution >= 4 is 93.8 Å². The van der Waals surface area contributed by atoms with Crippen LogP contribution in [0, 0.1) is 0 Å². The zero-order valence-corrected chi connectivity index (χ0v) is 20.9. The average Bonchev–Trinajstić information content (AvgIpc) is 3.26. The van der Waals surface area contributed by atoms with Crippen molar-refractivity contribution in [2.45, 2.75) is 0 Å². The summed E-state index contributed by atoms with van der Waals surface area (Å²) in [6, 6.07) is 9.65. The molecule has 0 saturated heterocycles. The van der Waals surface area contributed by atoms with E-state index >= 15 is 0 Å². The van der Waals surface area contributed by atoms with Gasteiger partial charge in [-0.25, -0.2) is 0 Å². The van der Waals surface area contributed by atoms with Crippen molar-refractivity contribution < 1.29 is 0 Å². The second-order valence-electron chi connectivity index (χ2n) is 5.45. The predicted octanol–water partition coefficient (Wildman–Crippen LogP) is 1.82. The maximum absolute atomic E-state index is 2.41. The quantitative estimate of drug-likeness (QED) is 0.299. The summed E-state index contributed by atoms with van der Waals surface area (Å²) in [5.41, 5.74) is 0. The summed E-state index contributed by atoms with van der Waals surface area (Å²) in [5.74, 6) is 0. The van der Waals surface area contributed by atoms with E-state index in [9.17, 15) is 0 Å². The van der Waals surface area contributed by atoms with Gasteiger partial charge >= 0.3 is 159 Å². The van der Waals surface area contributed by atoms with Crippen LogP contribution >= 0.6 is 45.3 Å². The maximum atomic E-state index is 2.41. The van der Waals surface area contributed by atoms with Crippen LogP contribution in [0.4, 0.5) is 0 Å². The Kier molecular flexibility index (Phi) is 3.73. The molecule has 0 aromatic carbocycles. The van der Waals surface area contributed by atoms with Crippen molar-refractivity contribution in [2.75, 3.05) is 0 Å². The van der Waals surface area contributed by atoms with Gasteiger partial charge in [0.1, 0.15) is 0 Å². The second kappa shape index (κ2) is 5.75. The standard InChI is InChI=1S/C16H12Ge2S4/c1-5-19-13-9(1)17-10-2-6-21-15(10)16-12(4-8-22-16)18-11-3-7-20-14(11)13/h1-8H,17-18H2. The zero-order chi connectivity index (χ0) is 14.5. The molecular weight excluding hydrogens is 466 g/mol. The Morgan fingerprint density at radius 1 is 0.455 bits per heavy atom. The molecule has 5 rings (SSSR count). The van der Waals surface area contributed by atoms with Gasteiger partial charge in [-0.1, -0.05) is 0 Å². The Hall–Kier alpha value is -0.114. The van der Waals surface area contributed by atoms with Gasteiger partial charge < -0.3 is 0 Å². The molecule has 0 spiro atoms. The van der Waals surface area contributed by atoms with Crippen molar-refractivity contribution in [3.05, 3.63) is 45.8 Å². The summed E-state index contributed by atoms with van der Waals surface area (Å²) < 4.78 is 6.79. The summed E-state index contributed by atoms with van der Waals surface area (Å²) in [4.78, 5) is 6.41. The van der Waals surface area contributed by atoms with Crippen molar-refractivity contribution in [2.24, 2.45) is 0 Å². The minimum atomic E-state index is -0.895. The van der Waals surface area contributed by atoms with Crippen LogP contribution < -0.4 is 17.6 Å². The summed E-state index contributed by atoms with van der Waals surface area (Å²) in [6.45, 7) is 0. The summed E-state index contributed by atoms with van der Waals surface area (Å²) in [7, 11) is 0. The SMILES string of the molecule is c1c[c]2c(s1)-c1scc[c]1[GeH2][c]1ccsc1-c1scc[c]1[GeH2]2. The molecular formula is C16H12Ge2S4. The molecule has 22 heavy (non-hydrogen) atoms. The number of fused-ring (bicyclic) bond motifs is 6. The first-order chi connectivity index (χ1) is 10.9. The molecule has 0 saturated carbocycles. The minimum absolute atomic E-state index is 0.895. The summed E-state index contributed by atoms with van der Waals surface area (Å²) >= 11 is 6.07. The van der Waals surface area contributed by atoms with E-state index in [1.54, 1.807) is 37.1 Å². The zero-order valence-electron chi connectivity index (χ0n) is 11.7. The molecule has 1 aliphatic rings. The van der Waals surface area contributed by atoms with Crippen LogP contribution in [0.3, 0.4) is 0 Å². The third-order valence-corrected chi connectivity index (χ3v) is 18.6. The van der Waals surface area contributed by atoms with Crippen LogP contribution in [-0.4, -0.2) is 30.9 Å². The van der Waals surface area contributed by atoms with E-state index in [0.717, 1.165) is 0 Å². The number of thiophene rings is 4. The van der Waals surface area contributed by atoms with E-state index in [0.29, 0.717) is 0 Å². The molecule has 1 aliphatic heterocycles. The van der Waals surface area contributed by atoms with E-state index in [1.165, 1.54) is 0 Å². The molecule has 4 aromatic rings. The van der Waals surface area contributed by atoms with Crippen molar-refractivity contribution in [1.29, 1.82) is 0 Å². The molecule has 0 N–H and O–H groups in total. The van der Waals surface area contributed by atoms with Gasteiger partial charge in [-0.05, 0) is 0 Å². The first-order valence-corrected chi connectivity index (χ1v) is 16.6. The normalized spacial score (nSPS) is 15.3. The van der Waals surface area contributed by atoms with Gasteiger partial charge in [0, 0.05) is 0 Å². The Balaban J connectivity index is 1.80. The molecule has 0 radical (unpaired) electrons. The van der Waals surface area contributed by atoms with Crippen LogP contribution in [-0.2, 0) is 0 Å². The number of rotatable bonds is 0. The molecule has 0 nitrogen and oxygen atoms in total. The molecule has 0 unspecified atom stereocenters. The van der Waals surface area contributed by atoms with E-state index in [1.807, 2.05) is 45.3 Å². The second-order valence-corrected chi connectivity index (χ2v) is 17.0. The molecule has 0 aliphatic carbocycles. The van der Waals surface area contributed by atoms with Gasteiger partial charge in [0.2, 0.25) is 0 Å². The molecule has 5 heterocycles. The van der Waals surface area contributed by atoms with Crippen LogP contribution in [0.15, 0.2) is 45.8 Å².